The van der Waals surface area contributed by atoms with E-state index in [1.807, 2.05) is 39.8 Å². The highest BCUT2D eigenvalue weighted by Crippen LogP contribution is 2.27. The van der Waals surface area contributed by atoms with E-state index in [0.717, 1.165) is 5.69 Å². The molecule has 146 valence electrons. The average molecular weight is 381 g/mol. The highest BCUT2D eigenvalue weighted by atomic mass is 19.1. The zero-order valence-electron chi connectivity index (χ0n) is 16.5. The van der Waals surface area contributed by atoms with E-state index in [1.54, 1.807) is 35.0 Å². The highest BCUT2D eigenvalue weighted by molar-refractivity contribution is 6.06. The van der Waals surface area contributed by atoms with E-state index in [4.69, 9.17) is 4.74 Å². The zero-order valence-corrected chi connectivity index (χ0v) is 16.5. The van der Waals surface area contributed by atoms with Gasteiger partial charge in [0.05, 0.1) is 23.6 Å². The van der Waals surface area contributed by atoms with E-state index in [9.17, 15) is 9.18 Å². The number of hydrogen-bond acceptors (Lipinski definition) is 3. The Hall–Kier alpha value is -3.15. The number of amides is 1. The number of aromatic nitrogens is 2. The number of benzene rings is 2. The fraction of sp³-hybridized carbons (Fsp3) is 0.273. The second kappa shape index (κ2) is 7.84. The van der Waals surface area contributed by atoms with Crippen LogP contribution in [0.4, 0.5) is 10.2 Å². The molecule has 1 aromatic heterocycles. The van der Waals surface area contributed by atoms with Gasteiger partial charge in [0.15, 0.2) is 0 Å². The molecular weight excluding hydrogens is 357 g/mol. The maximum absolute atomic E-state index is 13.7. The van der Waals surface area contributed by atoms with E-state index in [-0.39, 0.29) is 17.1 Å². The number of carbonyl (C=O) groups excluding carboxylic acids is 1. The fourth-order valence-electron chi connectivity index (χ4n) is 2.76. The first-order valence-corrected chi connectivity index (χ1v) is 9.19. The van der Waals surface area contributed by atoms with E-state index < -0.39 is 0 Å². The lowest BCUT2D eigenvalue weighted by Crippen LogP contribution is -2.16. The smallest absolute Gasteiger partial charge is 0.260 e. The lowest BCUT2D eigenvalue weighted by molar-refractivity contribution is 0.102. The average Bonchev–Trinajstić information content (AvgIpc) is 3.06. The minimum Gasteiger partial charge on any atom is -0.493 e. The molecule has 1 heterocycles. The topological polar surface area (TPSA) is 56.1 Å². The Morgan fingerprint density at radius 3 is 2.57 bits per heavy atom. The number of nitrogens with one attached hydrogen (secondary N) is 1. The third-order valence-corrected chi connectivity index (χ3v) is 4.20. The molecule has 1 N–H and O–H groups in total. The van der Waals surface area contributed by atoms with Crippen molar-refractivity contribution in [1.29, 1.82) is 0 Å². The van der Waals surface area contributed by atoms with Crippen molar-refractivity contribution in [3.63, 3.8) is 0 Å². The predicted molar refractivity (Wildman–Crippen MR) is 108 cm³/mol. The number of hydrogen-bond donors (Lipinski definition) is 1. The summed E-state index contributed by atoms with van der Waals surface area (Å²) in [5, 5.41) is 7.50. The SMILES string of the molecule is CCOc1ccccc1C(=O)Nc1cc(C(C)(C)C)nn1-c1cccc(F)c1. The minimum atomic E-state index is -0.371. The van der Waals surface area contributed by atoms with Crippen LogP contribution in [0.15, 0.2) is 54.6 Å². The zero-order chi connectivity index (χ0) is 20.3. The minimum absolute atomic E-state index is 0.235. The second-order valence-corrected chi connectivity index (χ2v) is 7.44. The van der Waals surface area contributed by atoms with Gasteiger partial charge in [-0.15, -0.1) is 0 Å². The van der Waals surface area contributed by atoms with Crippen LogP contribution in [0.1, 0.15) is 43.7 Å². The van der Waals surface area contributed by atoms with Gasteiger partial charge in [-0.05, 0) is 37.3 Å². The van der Waals surface area contributed by atoms with Crippen LogP contribution >= 0.6 is 0 Å². The van der Waals surface area contributed by atoms with Crippen molar-refractivity contribution in [3.8, 4) is 11.4 Å². The van der Waals surface area contributed by atoms with Gasteiger partial charge in [-0.2, -0.15) is 5.10 Å². The maximum Gasteiger partial charge on any atom is 0.260 e. The molecule has 0 saturated carbocycles. The van der Waals surface area contributed by atoms with Gasteiger partial charge in [-0.25, -0.2) is 9.07 Å². The monoisotopic (exact) mass is 381 g/mol. The largest absolute Gasteiger partial charge is 0.493 e. The summed E-state index contributed by atoms with van der Waals surface area (Å²) in [5.41, 5.74) is 1.50. The molecule has 0 bridgehead atoms. The molecule has 0 unspecified atom stereocenters. The summed E-state index contributed by atoms with van der Waals surface area (Å²) in [6.07, 6.45) is 0. The molecule has 3 rings (SSSR count). The third kappa shape index (κ3) is 4.22. The highest BCUT2D eigenvalue weighted by Gasteiger charge is 2.22. The number of halogens is 1. The van der Waals surface area contributed by atoms with Crippen LogP contribution in [0.3, 0.4) is 0 Å². The summed E-state index contributed by atoms with van der Waals surface area (Å²) >= 11 is 0. The number of ether oxygens (including phenoxy) is 1. The standard InChI is InChI=1S/C22H24FN3O2/c1-5-28-18-12-7-6-11-17(18)21(27)24-20-14-19(22(2,3)4)25-26(20)16-10-8-9-15(23)13-16/h6-14H,5H2,1-4H3,(H,24,27). The lowest BCUT2D eigenvalue weighted by Gasteiger charge is -2.14. The Kier molecular flexibility index (Phi) is 5.49. The summed E-state index contributed by atoms with van der Waals surface area (Å²) < 4.78 is 20.8. The van der Waals surface area contributed by atoms with Gasteiger partial charge >= 0.3 is 0 Å². The molecule has 0 aliphatic heterocycles. The Labute approximate surface area is 164 Å². The Morgan fingerprint density at radius 1 is 1.14 bits per heavy atom. The number of anilines is 1. The number of carbonyl (C=O) groups is 1. The Balaban J connectivity index is 2.01. The molecule has 0 aliphatic carbocycles. The van der Waals surface area contributed by atoms with Crippen LogP contribution in [0.2, 0.25) is 0 Å². The molecule has 6 heteroatoms. The normalized spacial score (nSPS) is 11.3. The summed E-state index contributed by atoms with van der Waals surface area (Å²) in [6.45, 7) is 8.41. The van der Waals surface area contributed by atoms with E-state index in [0.29, 0.717) is 29.4 Å². The quantitative estimate of drug-likeness (QED) is 0.680. The van der Waals surface area contributed by atoms with Crippen molar-refractivity contribution < 1.29 is 13.9 Å². The molecule has 3 aromatic rings. The molecular formula is C22H24FN3O2. The fourth-order valence-corrected chi connectivity index (χ4v) is 2.76. The maximum atomic E-state index is 13.7. The van der Waals surface area contributed by atoms with Gasteiger partial charge < -0.3 is 10.1 Å². The van der Waals surface area contributed by atoms with Gasteiger partial charge in [0, 0.05) is 11.5 Å². The van der Waals surface area contributed by atoms with Crippen LogP contribution in [0.5, 0.6) is 5.75 Å². The van der Waals surface area contributed by atoms with E-state index >= 15 is 0 Å². The Bertz CT molecular complexity index is 989. The van der Waals surface area contributed by atoms with E-state index in [2.05, 4.69) is 10.4 Å². The van der Waals surface area contributed by atoms with Crippen LogP contribution < -0.4 is 10.1 Å². The second-order valence-electron chi connectivity index (χ2n) is 7.44. The van der Waals surface area contributed by atoms with Crippen molar-refractivity contribution in [2.45, 2.75) is 33.1 Å². The van der Waals surface area contributed by atoms with Crippen molar-refractivity contribution >= 4 is 11.7 Å². The van der Waals surface area contributed by atoms with Gasteiger partial charge in [0.2, 0.25) is 0 Å². The van der Waals surface area contributed by atoms with Gasteiger partial charge in [0.1, 0.15) is 17.4 Å². The number of rotatable bonds is 5. The molecule has 28 heavy (non-hydrogen) atoms. The predicted octanol–water partition coefficient (Wildman–Crippen LogP) is 4.96. The van der Waals surface area contributed by atoms with Gasteiger partial charge in [-0.1, -0.05) is 39.0 Å². The number of nitrogens with zero attached hydrogens (tertiary/aromatic N) is 2. The molecule has 0 aliphatic rings. The molecule has 0 fully saturated rings. The first kappa shape index (κ1) is 19.6. The van der Waals surface area contributed by atoms with Crippen LogP contribution in [-0.4, -0.2) is 22.3 Å². The molecule has 0 spiro atoms. The molecule has 0 radical (unpaired) electrons. The molecule has 0 atom stereocenters. The molecule has 1 amide bonds. The molecule has 0 saturated heterocycles. The van der Waals surface area contributed by atoms with Crippen LogP contribution in [0, 0.1) is 5.82 Å². The Morgan fingerprint density at radius 2 is 1.89 bits per heavy atom. The van der Waals surface area contributed by atoms with Crippen molar-refractivity contribution in [1.82, 2.24) is 9.78 Å². The molecule has 2 aromatic carbocycles. The van der Waals surface area contributed by atoms with Gasteiger partial charge in [-0.3, -0.25) is 4.79 Å². The number of para-hydroxylation sites is 1. The first-order valence-electron chi connectivity index (χ1n) is 9.19. The van der Waals surface area contributed by atoms with Crippen molar-refractivity contribution in [2.75, 3.05) is 11.9 Å². The van der Waals surface area contributed by atoms with Crippen molar-refractivity contribution in [3.05, 3.63) is 71.7 Å². The third-order valence-electron chi connectivity index (χ3n) is 4.20. The van der Waals surface area contributed by atoms with Crippen molar-refractivity contribution in [2.24, 2.45) is 0 Å². The van der Waals surface area contributed by atoms with Gasteiger partial charge in [0.25, 0.3) is 5.91 Å². The lowest BCUT2D eigenvalue weighted by atomic mass is 9.92. The van der Waals surface area contributed by atoms with E-state index in [1.165, 1.54) is 12.1 Å². The first-order chi connectivity index (χ1) is 13.3. The van der Waals surface area contributed by atoms with Crippen LogP contribution in [0.25, 0.3) is 5.69 Å². The summed E-state index contributed by atoms with van der Waals surface area (Å²) in [6, 6.07) is 15.0. The summed E-state index contributed by atoms with van der Waals surface area (Å²) in [5.74, 6) is 0.286. The van der Waals surface area contributed by atoms with Crippen LogP contribution in [-0.2, 0) is 5.41 Å². The summed E-state index contributed by atoms with van der Waals surface area (Å²) in [7, 11) is 0. The summed E-state index contributed by atoms with van der Waals surface area (Å²) in [4.78, 5) is 12.9. The molecule has 5 nitrogen and oxygen atoms in total.